The molecule has 0 spiro atoms. The smallest absolute Gasteiger partial charge is 0.142 e. The number of hydrogen-bond donors (Lipinski definition) is 1. The average Bonchev–Trinajstić information content (AvgIpc) is 3.47. The van der Waals surface area contributed by atoms with Crippen molar-refractivity contribution < 1.29 is 18.6 Å². The first-order valence-electron chi connectivity index (χ1n) is 13.5. The van der Waals surface area contributed by atoms with Gasteiger partial charge in [0.05, 0.1) is 31.2 Å². The van der Waals surface area contributed by atoms with E-state index in [0.717, 1.165) is 46.5 Å². The van der Waals surface area contributed by atoms with Crippen LogP contribution >= 0.6 is 0 Å². The first-order valence-corrected chi connectivity index (χ1v) is 13.5. The molecular formula is C31H39N3O4. The van der Waals surface area contributed by atoms with Crippen LogP contribution in [-0.4, -0.2) is 37.4 Å². The summed E-state index contributed by atoms with van der Waals surface area (Å²) in [6.45, 7) is 5.56. The summed E-state index contributed by atoms with van der Waals surface area (Å²) in [6.07, 6.45) is 10.2. The minimum atomic E-state index is 0.495. The van der Waals surface area contributed by atoms with Gasteiger partial charge in [-0.1, -0.05) is 39.5 Å². The van der Waals surface area contributed by atoms with E-state index in [2.05, 4.69) is 35.2 Å². The molecule has 0 atom stereocenters. The minimum absolute atomic E-state index is 0.495. The van der Waals surface area contributed by atoms with Gasteiger partial charge in [-0.25, -0.2) is 9.97 Å². The molecule has 0 aliphatic carbocycles. The Hall–Kier alpha value is -3.58. The third-order valence-electron chi connectivity index (χ3n) is 6.84. The molecule has 7 nitrogen and oxygen atoms in total. The molecule has 0 saturated carbocycles. The maximum absolute atomic E-state index is 6.15. The quantitative estimate of drug-likeness (QED) is 0.161. The zero-order chi connectivity index (χ0) is 26.7. The monoisotopic (exact) mass is 517 g/mol. The Kier molecular flexibility index (Phi) is 9.98. The lowest BCUT2D eigenvalue weighted by molar-refractivity contribution is 0.146. The van der Waals surface area contributed by atoms with E-state index in [1.165, 1.54) is 31.2 Å². The van der Waals surface area contributed by atoms with Crippen LogP contribution in [0.5, 0.6) is 11.5 Å². The van der Waals surface area contributed by atoms with Gasteiger partial charge in [0, 0.05) is 24.1 Å². The molecule has 0 bridgehead atoms. The van der Waals surface area contributed by atoms with Crippen LogP contribution in [0.25, 0.3) is 22.2 Å². The van der Waals surface area contributed by atoms with Crippen LogP contribution in [-0.2, 0) is 11.2 Å². The average molecular weight is 518 g/mol. The lowest BCUT2D eigenvalue weighted by atomic mass is 9.91. The van der Waals surface area contributed by atoms with Gasteiger partial charge in [-0.05, 0) is 60.7 Å². The standard InChI is InChI=1S/C31H39N3O4/c1-5-8-22(9-6-2)11-12-23-18-25-26(20-30(23)38-17-16-35-3)32-21-33-31(25)34-27-19-24(13-14-29(27)36-4)28-10-7-15-37-28/h7,10,13-15,18-22H,5-6,8-9,11-12,16-17H2,1-4H3,(H,32,33,34). The number of benzene rings is 2. The Balaban J connectivity index is 1.69. The highest BCUT2D eigenvalue weighted by molar-refractivity contribution is 5.93. The van der Waals surface area contributed by atoms with Gasteiger partial charge in [0.15, 0.2) is 0 Å². The van der Waals surface area contributed by atoms with E-state index in [-0.39, 0.29) is 0 Å². The van der Waals surface area contributed by atoms with Crippen molar-refractivity contribution in [3.63, 3.8) is 0 Å². The lowest BCUT2D eigenvalue weighted by Gasteiger charge is -2.18. The zero-order valence-electron chi connectivity index (χ0n) is 23.0. The number of nitrogens with zero attached hydrogens (tertiary/aromatic N) is 2. The Bertz CT molecular complexity index is 1280. The molecule has 2 aromatic heterocycles. The molecule has 7 heteroatoms. The predicted octanol–water partition coefficient (Wildman–Crippen LogP) is 7.82. The Morgan fingerprint density at radius 1 is 0.921 bits per heavy atom. The van der Waals surface area contributed by atoms with Gasteiger partial charge in [0.2, 0.25) is 0 Å². The summed E-state index contributed by atoms with van der Waals surface area (Å²) >= 11 is 0. The van der Waals surface area contributed by atoms with Crippen molar-refractivity contribution in [3.8, 4) is 22.8 Å². The molecule has 0 radical (unpaired) electrons. The van der Waals surface area contributed by atoms with E-state index in [1.54, 1.807) is 26.8 Å². The number of fused-ring (bicyclic) bond motifs is 1. The topological polar surface area (TPSA) is 78.6 Å². The number of rotatable bonds is 15. The molecule has 0 amide bonds. The van der Waals surface area contributed by atoms with E-state index < -0.39 is 0 Å². The second kappa shape index (κ2) is 13.8. The Labute approximate surface area is 225 Å². The summed E-state index contributed by atoms with van der Waals surface area (Å²) < 4.78 is 22.6. The van der Waals surface area contributed by atoms with E-state index in [0.29, 0.717) is 30.7 Å². The fraction of sp³-hybridized carbons (Fsp3) is 0.419. The molecule has 0 aliphatic heterocycles. The summed E-state index contributed by atoms with van der Waals surface area (Å²) in [7, 11) is 3.35. The summed E-state index contributed by atoms with van der Waals surface area (Å²) in [4.78, 5) is 9.17. The van der Waals surface area contributed by atoms with Crippen LogP contribution < -0.4 is 14.8 Å². The third kappa shape index (κ3) is 6.84. The number of hydrogen-bond acceptors (Lipinski definition) is 7. The fourth-order valence-corrected chi connectivity index (χ4v) is 4.93. The molecule has 0 unspecified atom stereocenters. The van der Waals surface area contributed by atoms with Crippen molar-refractivity contribution >= 4 is 22.4 Å². The van der Waals surface area contributed by atoms with Crippen molar-refractivity contribution in [1.82, 2.24) is 9.97 Å². The number of aryl methyl sites for hydroxylation is 1. The van der Waals surface area contributed by atoms with Crippen LogP contribution in [0.15, 0.2) is 59.5 Å². The molecule has 0 aliphatic rings. The molecule has 0 saturated heterocycles. The van der Waals surface area contributed by atoms with Gasteiger partial charge < -0.3 is 23.9 Å². The summed E-state index contributed by atoms with van der Waals surface area (Å²) in [5.41, 5.74) is 3.73. The molecule has 4 aromatic rings. The van der Waals surface area contributed by atoms with Crippen LogP contribution in [0, 0.1) is 5.92 Å². The molecule has 2 aromatic carbocycles. The van der Waals surface area contributed by atoms with Gasteiger partial charge in [-0.15, -0.1) is 0 Å². The van der Waals surface area contributed by atoms with Gasteiger partial charge in [-0.2, -0.15) is 0 Å². The first kappa shape index (κ1) is 27.5. The van der Waals surface area contributed by atoms with E-state index in [1.807, 2.05) is 36.4 Å². The van der Waals surface area contributed by atoms with Gasteiger partial charge in [-0.3, -0.25) is 0 Å². The fourth-order valence-electron chi connectivity index (χ4n) is 4.93. The van der Waals surface area contributed by atoms with E-state index in [4.69, 9.17) is 18.6 Å². The summed E-state index contributed by atoms with van der Waals surface area (Å²) in [5.74, 6) is 3.80. The molecule has 202 valence electrons. The maximum atomic E-state index is 6.15. The highest BCUT2D eigenvalue weighted by Crippen LogP contribution is 2.36. The SMILES string of the molecule is CCCC(CCC)CCc1cc2c(Nc3cc(-c4ccco4)ccc3OC)ncnc2cc1OCCOC. The van der Waals surface area contributed by atoms with Crippen LogP contribution in [0.4, 0.5) is 11.5 Å². The summed E-state index contributed by atoms with van der Waals surface area (Å²) in [5, 5.41) is 4.43. The van der Waals surface area contributed by atoms with E-state index in [9.17, 15) is 0 Å². The number of furan rings is 1. The van der Waals surface area contributed by atoms with Crippen molar-refractivity contribution in [2.75, 3.05) is 32.8 Å². The van der Waals surface area contributed by atoms with Gasteiger partial charge in [0.25, 0.3) is 0 Å². The molecule has 4 rings (SSSR count). The molecule has 2 heterocycles. The van der Waals surface area contributed by atoms with Gasteiger partial charge in [0.1, 0.15) is 36.0 Å². The zero-order valence-corrected chi connectivity index (χ0v) is 23.0. The third-order valence-corrected chi connectivity index (χ3v) is 6.84. The molecular weight excluding hydrogens is 478 g/mol. The number of methoxy groups -OCH3 is 2. The second-order valence-electron chi connectivity index (χ2n) is 9.54. The maximum Gasteiger partial charge on any atom is 0.142 e. The predicted molar refractivity (Wildman–Crippen MR) is 153 cm³/mol. The minimum Gasteiger partial charge on any atom is -0.495 e. The van der Waals surface area contributed by atoms with Crippen molar-refractivity contribution in [2.24, 2.45) is 5.92 Å². The highest BCUT2D eigenvalue weighted by atomic mass is 16.5. The van der Waals surface area contributed by atoms with Crippen molar-refractivity contribution in [2.45, 2.75) is 52.4 Å². The molecule has 1 N–H and O–H groups in total. The first-order chi connectivity index (χ1) is 18.7. The Morgan fingerprint density at radius 3 is 2.47 bits per heavy atom. The van der Waals surface area contributed by atoms with Crippen LogP contribution in [0.3, 0.4) is 0 Å². The van der Waals surface area contributed by atoms with Gasteiger partial charge >= 0.3 is 0 Å². The Morgan fingerprint density at radius 2 is 1.76 bits per heavy atom. The molecule has 38 heavy (non-hydrogen) atoms. The largest absolute Gasteiger partial charge is 0.495 e. The summed E-state index contributed by atoms with van der Waals surface area (Å²) in [6, 6.07) is 13.9. The van der Waals surface area contributed by atoms with E-state index >= 15 is 0 Å². The number of anilines is 2. The number of aromatic nitrogens is 2. The van der Waals surface area contributed by atoms with Crippen molar-refractivity contribution in [3.05, 3.63) is 60.6 Å². The van der Waals surface area contributed by atoms with Crippen molar-refractivity contribution in [1.29, 1.82) is 0 Å². The molecule has 0 fully saturated rings. The lowest BCUT2D eigenvalue weighted by Crippen LogP contribution is -2.08. The highest BCUT2D eigenvalue weighted by Gasteiger charge is 2.16. The second-order valence-corrected chi connectivity index (χ2v) is 9.54. The van der Waals surface area contributed by atoms with Crippen LogP contribution in [0.2, 0.25) is 0 Å². The number of nitrogens with one attached hydrogen (secondary N) is 1. The number of ether oxygens (including phenoxy) is 3. The van der Waals surface area contributed by atoms with Crippen LogP contribution in [0.1, 0.15) is 51.5 Å². The normalized spacial score (nSPS) is 11.3.